The third-order valence-electron chi connectivity index (χ3n) is 4.90. The summed E-state index contributed by atoms with van der Waals surface area (Å²) in [7, 11) is 0. The third kappa shape index (κ3) is 4.87. The van der Waals surface area contributed by atoms with Gasteiger partial charge in [-0.15, -0.1) is 11.3 Å². The Morgan fingerprint density at radius 1 is 1.14 bits per heavy atom. The molecule has 1 saturated heterocycles. The molecule has 146 valence electrons. The van der Waals surface area contributed by atoms with Crippen LogP contribution in [0.3, 0.4) is 0 Å². The molecule has 1 aliphatic heterocycles. The minimum atomic E-state index is 0.506. The Hall–Kier alpha value is -2.03. The number of anilines is 2. The van der Waals surface area contributed by atoms with Gasteiger partial charge >= 0.3 is 0 Å². The van der Waals surface area contributed by atoms with E-state index in [-0.39, 0.29) is 0 Å². The van der Waals surface area contributed by atoms with Gasteiger partial charge < -0.3 is 5.32 Å². The van der Waals surface area contributed by atoms with Gasteiger partial charge in [-0.1, -0.05) is 17.8 Å². The SMILES string of the molecule is CSc1ncc(CN2CCC(c3cccc(Nc4ncc(C)s4)n3)CC2)cn1. The molecule has 8 heteroatoms. The first-order valence-electron chi connectivity index (χ1n) is 9.43. The first kappa shape index (κ1) is 19.3. The van der Waals surface area contributed by atoms with E-state index >= 15 is 0 Å². The molecular weight excluding hydrogens is 388 g/mol. The van der Waals surface area contributed by atoms with E-state index in [0.717, 1.165) is 48.6 Å². The number of thioether (sulfide) groups is 1. The summed E-state index contributed by atoms with van der Waals surface area (Å²) in [5.74, 6) is 1.38. The van der Waals surface area contributed by atoms with Crippen LogP contribution in [-0.4, -0.2) is 44.2 Å². The monoisotopic (exact) mass is 412 g/mol. The second kappa shape index (κ2) is 8.98. The van der Waals surface area contributed by atoms with Crippen molar-refractivity contribution in [3.05, 3.63) is 52.9 Å². The maximum absolute atomic E-state index is 4.84. The van der Waals surface area contributed by atoms with Gasteiger partial charge in [0, 0.05) is 47.2 Å². The number of hydrogen-bond acceptors (Lipinski definition) is 8. The maximum atomic E-state index is 4.84. The van der Waals surface area contributed by atoms with Crippen molar-refractivity contribution in [3.8, 4) is 0 Å². The minimum Gasteiger partial charge on any atom is -0.316 e. The summed E-state index contributed by atoms with van der Waals surface area (Å²) in [5.41, 5.74) is 2.35. The summed E-state index contributed by atoms with van der Waals surface area (Å²) in [4.78, 5) is 21.6. The van der Waals surface area contributed by atoms with Crippen LogP contribution in [0.15, 0.2) is 41.9 Å². The topological polar surface area (TPSA) is 66.8 Å². The number of aromatic nitrogens is 4. The summed E-state index contributed by atoms with van der Waals surface area (Å²) in [6.07, 6.45) is 10.0. The van der Waals surface area contributed by atoms with Crippen molar-refractivity contribution in [1.82, 2.24) is 24.8 Å². The molecule has 4 rings (SSSR count). The molecule has 28 heavy (non-hydrogen) atoms. The summed E-state index contributed by atoms with van der Waals surface area (Å²) >= 11 is 3.22. The van der Waals surface area contributed by atoms with Crippen LogP contribution in [0, 0.1) is 6.92 Å². The number of nitrogens with zero attached hydrogens (tertiary/aromatic N) is 5. The second-order valence-electron chi connectivity index (χ2n) is 6.98. The van der Waals surface area contributed by atoms with Gasteiger partial charge in [-0.05, 0) is 51.2 Å². The van der Waals surface area contributed by atoms with Gasteiger partial charge in [-0.3, -0.25) is 4.90 Å². The van der Waals surface area contributed by atoms with Gasteiger partial charge in [0.05, 0.1) is 0 Å². The molecule has 0 spiro atoms. The van der Waals surface area contributed by atoms with Crippen molar-refractivity contribution >= 4 is 34.0 Å². The Labute approximate surface area is 173 Å². The van der Waals surface area contributed by atoms with Crippen LogP contribution >= 0.6 is 23.1 Å². The molecule has 4 heterocycles. The van der Waals surface area contributed by atoms with Crippen LogP contribution in [-0.2, 0) is 6.54 Å². The Balaban J connectivity index is 1.33. The minimum absolute atomic E-state index is 0.506. The predicted octanol–water partition coefficient (Wildman–Crippen LogP) is 4.48. The number of likely N-dealkylation sites (tertiary alicyclic amines) is 1. The van der Waals surface area contributed by atoms with Crippen LogP contribution in [0.5, 0.6) is 0 Å². The highest BCUT2D eigenvalue weighted by molar-refractivity contribution is 7.98. The largest absolute Gasteiger partial charge is 0.316 e. The highest BCUT2D eigenvalue weighted by atomic mass is 32.2. The Bertz CT molecular complexity index is 903. The average molecular weight is 413 g/mol. The highest BCUT2D eigenvalue weighted by Gasteiger charge is 2.22. The lowest BCUT2D eigenvalue weighted by atomic mass is 9.93. The van der Waals surface area contributed by atoms with Gasteiger partial charge in [0.2, 0.25) is 0 Å². The van der Waals surface area contributed by atoms with Gasteiger partial charge in [0.25, 0.3) is 0 Å². The van der Waals surface area contributed by atoms with Crippen LogP contribution in [0.1, 0.15) is 34.9 Å². The lowest BCUT2D eigenvalue weighted by Crippen LogP contribution is -2.32. The quantitative estimate of drug-likeness (QED) is 0.473. The van der Waals surface area contributed by atoms with E-state index in [9.17, 15) is 0 Å². The summed E-state index contributed by atoms with van der Waals surface area (Å²) in [6.45, 7) is 5.11. The van der Waals surface area contributed by atoms with E-state index in [1.807, 2.05) is 30.9 Å². The molecule has 1 fully saturated rings. The molecule has 0 saturated carbocycles. The normalized spacial score (nSPS) is 15.6. The van der Waals surface area contributed by atoms with Crippen molar-refractivity contribution in [1.29, 1.82) is 0 Å². The molecule has 6 nitrogen and oxygen atoms in total. The first-order valence-corrected chi connectivity index (χ1v) is 11.5. The molecule has 0 amide bonds. The zero-order chi connectivity index (χ0) is 19.3. The number of hydrogen-bond donors (Lipinski definition) is 1. The van der Waals surface area contributed by atoms with E-state index in [2.05, 4.69) is 44.2 Å². The maximum Gasteiger partial charge on any atom is 0.188 e. The fourth-order valence-electron chi connectivity index (χ4n) is 3.45. The molecule has 0 bridgehead atoms. The number of piperidine rings is 1. The standard InChI is InChI=1S/C20H24N6S2/c1-14-10-21-20(28-14)25-18-5-3-4-17(24-18)16-6-8-26(9-7-16)13-15-11-22-19(27-2)23-12-15/h3-5,10-12,16H,6-9,13H2,1-2H3,(H,21,24,25). The van der Waals surface area contributed by atoms with Crippen molar-refractivity contribution in [2.75, 3.05) is 24.7 Å². The molecule has 0 aromatic carbocycles. The lowest BCUT2D eigenvalue weighted by Gasteiger charge is -2.31. The molecule has 1 aliphatic rings. The Morgan fingerprint density at radius 3 is 2.61 bits per heavy atom. The predicted molar refractivity (Wildman–Crippen MR) is 115 cm³/mol. The Kier molecular flexibility index (Phi) is 6.19. The second-order valence-corrected chi connectivity index (χ2v) is 8.99. The number of thiazole rings is 1. The first-order chi connectivity index (χ1) is 13.7. The van der Waals surface area contributed by atoms with Crippen molar-refractivity contribution in [2.45, 2.75) is 37.4 Å². The molecule has 0 atom stereocenters. The van der Waals surface area contributed by atoms with E-state index in [1.54, 1.807) is 23.1 Å². The number of pyridine rings is 1. The molecule has 3 aromatic rings. The van der Waals surface area contributed by atoms with Crippen LogP contribution < -0.4 is 5.32 Å². The van der Waals surface area contributed by atoms with Crippen molar-refractivity contribution in [2.24, 2.45) is 0 Å². The number of rotatable bonds is 6. The third-order valence-corrected chi connectivity index (χ3v) is 6.31. The van der Waals surface area contributed by atoms with E-state index in [4.69, 9.17) is 4.98 Å². The van der Waals surface area contributed by atoms with Gasteiger partial charge in [0.15, 0.2) is 10.3 Å². The van der Waals surface area contributed by atoms with Gasteiger partial charge in [-0.25, -0.2) is 19.9 Å². The van der Waals surface area contributed by atoms with Gasteiger partial charge in [0.1, 0.15) is 5.82 Å². The molecule has 0 radical (unpaired) electrons. The number of nitrogens with one attached hydrogen (secondary N) is 1. The smallest absolute Gasteiger partial charge is 0.188 e. The van der Waals surface area contributed by atoms with E-state index < -0.39 is 0 Å². The van der Waals surface area contributed by atoms with E-state index in [0.29, 0.717) is 5.92 Å². The summed E-state index contributed by atoms with van der Waals surface area (Å²) < 4.78 is 0. The zero-order valence-corrected chi connectivity index (χ0v) is 17.8. The van der Waals surface area contributed by atoms with Crippen LogP contribution in [0.25, 0.3) is 0 Å². The molecule has 0 aliphatic carbocycles. The highest BCUT2D eigenvalue weighted by Crippen LogP contribution is 2.29. The van der Waals surface area contributed by atoms with Crippen LogP contribution in [0.2, 0.25) is 0 Å². The lowest BCUT2D eigenvalue weighted by molar-refractivity contribution is 0.203. The van der Waals surface area contributed by atoms with Crippen molar-refractivity contribution in [3.63, 3.8) is 0 Å². The molecular formula is C20H24N6S2. The fraction of sp³-hybridized carbons (Fsp3) is 0.400. The number of aryl methyl sites for hydroxylation is 1. The molecule has 3 aromatic heterocycles. The molecule has 0 unspecified atom stereocenters. The fourth-order valence-corrected chi connectivity index (χ4v) is 4.43. The Morgan fingerprint density at radius 2 is 1.93 bits per heavy atom. The van der Waals surface area contributed by atoms with Crippen LogP contribution in [0.4, 0.5) is 10.9 Å². The van der Waals surface area contributed by atoms with Gasteiger partial charge in [-0.2, -0.15) is 0 Å². The summed E-state index contributed by atoms with van der Waals surface area (Å²) in [5, 5.41) is 5.05. The summed E-state index contributed by atoms with van der Waals surface area (Å²) in [6, 6.07) is 6.24. The average Bonchev–Trinajstić information content (AvgIpc) is 3.14. The zero-order valence-electron chi connectivity index (χ0n) is 16.1. The molecule has 1 N–H and O–H groups in total. The van der Waals surface area contributed by atoms with Crippen molar-refractivity contribution < 1.29 is 0 Å². The van der Waals surface area contributed by atoms with E-state index in [1.165, 1.54) is 16.1 Å².